The van der Waals surface area contributed by atoms with E-state index in [1.807, 2.05) is 29.2 Å². The van der Waals surface area contributed by atoms with Crippen LogP contribution in [0.5, 0.6) is 0 Å². The molecule has 0 bridgehead atoms. The Morgan fingerprint density at radius 1 is 0.963 bits per heavy atom. The number of rotatable bonds is 5. The highest BCUT2D eigenvalue weighted by atomic mass is 32.2. The Kier molecular flexibility index (Phi) is 5.67. The molecule has 1 saturated heterocycles. The third kappa shape index (κ3) is 4.78. The number of para-hydroxylation sites is 1. The molecule has 2 aromatic rings. The first-order chi connectivity index (χ1) is 12.8. The van der Waals surface area contributed by atoms with E-state index >= 15 is 0 Å². The van der Waals surface area contributed by atoms with Crippen LogP contribution in [0, 0.1) is 0 Å². The number of aryl methyl sites for hydroxylation is 1. The summed E-state index contributed by atoms with van der Waals surface area (Å²) in [5.74, 6) is 0.127. The minimum Gasteiger partial charge on any atom is -0.399 e. The second kappa shape index (κ2) is 7.98. The average molecular weight is 388 g/mol. The molecular weight excluding hydrogens is 364 g/mol. The molecule has 0 spiro atoms. The van der Waals surface area contributed by atoms with E-state index in [1.54, 1.807) is 12.1 Å². The van der Waals surface area contributed by atoms with Crippen molar-refractivity contribution in [1.82, 2.24) is 4.90 Å². The third-order valence-electron chi connectivity index (χ3n) is 4.83. The van der Waals surface area contributed by atoms with Gasteiger partial charge in [0.05, 0.1) is 4.90 Å². The molecule has 0 aliphatic carbocycles. The second-order valence-electron chi connectivity index (χ2n) is 6.61. The maximum Gasteiger partial charge on any atom is 0.238 e. The van der Waals surface area contributed by atoms with Crippen molar-refractivity contribution in [1.29, 1.82) is 0 Å². The van der Waals surface area contributed by atoms with Gasteiger partial charge in [0.25, 0.3) is 0 Å². The van der Waals surface area contributed by atoms with E-state index in [0.29, 0.717) is 39.0 Å². The van der Waals surface area contributed by atoms with Crippen LogP contribution < -0.4 is 15.8 Å². The Balaban J connectivity index is 1.52. The molecule has 1 heterocycles. The van der Waals surface area contributed by atoms with Crippen molar-refractivity contribution in [2.45, 2.75) is 17.7 Å². The topological polar surface area (TPSA) is 110 Å². The van der Waals surface area contributed by atoms with Crippen LogP contribution >= 0.6 is 0 Å². The number of primary sulfonamides is 1. The minimum atomic E-state index is -3.68. The summed E-state index contributed by atoms with van der Waals surface area (Å²) in [7, 11) is -3.68. The van der Waals surface area contributed by atoms with Gasteiger partial charge in [-0.1, -0.05) is 18.2 Å². The lowest BCUT2D eigenvalue weighted by Crippen LogP contribution is -2.48. The van der Waals surface area contributed by atoms with E-state index in [2.05, 4.69) is 4.90 Å². The average Bonchev–Trinajstić information content (AvgIpc) is 2.67. The van der Waals surface area contributed by atoms with Gasteiger partial charge < -0.3 is 15.5 Å². The molecule has 0 unspecified atom stereocenters. The van der Waals surface area contributed by atoms with Gasteiger partial charge >= 0.3 is 0 Å². The molecule has 0 saturated carbocycles. The van der Waals surface area contributed by atoms with Crippen LogP contribution in [0.4, 0.5) is 11.4 Å². The molecule has 2 aromatic carbocycles. The highest BCUT2D eigenvalue weighted by Gasteiger charge is 2.21. The number of nitrogens with zero attached hydrogens (tertiary/aromatic N) is 2. The summed E-state index contributed by atoms with van der Waals surface area (Å²) in [6, 6.07) is 14.1. The number of nitrogen functional groups attached to an aromatic ring is 1. The maximum absolute atomic E-state index is 12.5. The Labute approximate surface area is 159 Å². The first-order valence-corrected chi connectivity index (χ1v) is 10.4. The molecular formula is C19H24N4O3S. The Morgan fingerprint density at radius 3 is 2.19 bits per heavy atom. The van der Waals surface area contributed by atoms with Gasteiger partial charge in [-0.25, -0.2) is 13.6 Å². The Bertz CT molecular complexity index is 905. The summed E-state index contributed by atoms with van der Waals surface area (Å²) in [5, 5.41) is 5.12. The number of amides is 1. The highest BCUT2D eigenvalue weighted by molar-refractivity contribution is 7.89. The number of hydrogen-bond acceptors (Lipinski definition) is 5. The number of hydrogen-bond donors (Lipinski definition) is 2. The van der Waals surface area contributed by atoms with Crippen LogP contribution in [-0.4, -0.2) is 45.4 Å². The predicted molar refractivity (Wildman–Crippen MR) is 106 cm³/mol. The van der Waals surface area contributed by atoms with Gasteiger partial charge in [-0.2, -0.15) is 0 Å². The first-order valence-electron chi connectivity index (χ1n) is 8.83. The Morgan fingerprint density at radius 2 is 1.59 bits per heavy atom. The number of benzene rings is 2. The number of nitrogens with two attached hydrogens (primary N) is 2. The fourth-order valence-corrected chi connectivity index (χ4v) is 3.74. The van der Waals surface area contributed by atoms with Crippen LogP contribution in [0.1, 0.15) is 12.0 Å². The van der Waals surface area contributed by atoms with Crippen molar-refractivity contribution in [3.8, 4) is 0 Å². The lowest BCUT2D eigenvalue weighted by atomic mass is 10.1. The van der Waals surface area contributed by atoms with Gasteiger partial charge in [0.1, 0.15) is 0 Å². The molecule has 0 atom stereocenters. The molecule has 8 heteroatoms. The van der Waals surface area contributed by atoms with Gasteiger partial charge in [-0.3, -0.25) is 4.79 Å². The summed E-state index contributed by atoms with van der Waals surface area (Å²) in [5.41, 5.74) is 8.57. The van der Waals surface area contributed by atoms with Gasteiger partial charge in [0, 0.05) is 44.0 Å². The van der Waals surface area contributed by atoms with Crippen molar-refractivity contribution >= 4 is 27.3 Å². The zero-order valence-corrected chi connectivity index (χ0v) is 15.9. The summed E-state index contributed by atoms with van der Waals surface area (Å²) < 4.78 is 22.7. The van der Waals surface area contributed by atoms with Crippen molar-refractivity contribution < 1.29 is 13.2 Å². The molecule has 4 N–H and O–H groups in total. The zero-order chi connectivity index (χ0) is 19.4. The molecule has 3 rings (SSSR count). The van der Waals surface area contributed by atoms with Crippen molar-refractivity contribution in [3.05, 3.63) is 54.1 Å². The fourth-order valence-electron chi connectivity index (χ4n) is 3.22. The Hall–Kier alpha value is -2.58. The number of carbonyl (C=O) groups excluding carboxylic acids is 1. The second-order valence-corrected chi connectivity index (χ2v) is 8.17. The number of piperazine rings is 1. The maximum atomic E-state index is 12.5. The predicted octanol–water partition coefficient (Wildman–Crippen LogP) is 1.20. The molecule has 0 aromatic heterocycles. The molecule has 1 amide bonds. The summed E-state index contributed by atoms with van der Waals surface area (Å²) in [4.78, 5) is 16.6. The summed E-state index contributed by atoms with van der Waals surface area (Å²) >= 11 is 0. The van der Waals surface area contributed by atoms with Crippen LogP contribution in [0.15, 0.2) is 53.4 Å². The monoisotopic (exact) mass is 388 g/mol. The van der Waals surface area contributed by atoms with Crippen molar-refractivity contribution in [2.75, 3.05) is 36.8 Å². The normalized spacial score (nSPS) is 15.0. The SMILES string of the molecule is Nc1ccccc1CCC(=O)N1CCN(c2ccc(S(N)(=O)=O)cc2)CC1. The molecule has 1 aliphatic rings. The molecule has 27 heavy (non-hydrogen) atoms. The quantitative estimate of drug-likeness (QED) is 0.748. The van der Waals surface area contributed by atoms with Gasteiger partial charge in [-0.15, -0.1) is 0 Å². The van der Waals surface area contributed by atoms with Crippen LogP contribution in [0.25, 0.3) is 0 Å². The number of carbonyl (C=O) groups is 1. The van der Waals surface area contributed by atoms with Crippen LogP contribution in [0.2, 0.25) is 0 Å². The lowest BCUT2D eigenvalue weighted by molar-refractivity contribution is -0.131. The molecule has 1 fully saturated rings. The number of sulfonamides is 1. The standard InChI is InChI=1S/C19H24N4O3S/c20-18-4-2-1-3-15(18)5-10-19(24)23-13-11-22(12-14-23)16-6-8-17(9-7-16)27(21,25)26/h1-4,6-9H,5,10-14,20H2,(H2,21,25,26). The molecule has 1 aliphatic heterocycles. The number of anilines is 2. The molecule has 7 nitrogen and oxygen atoms in total. The van der Waals surface area contributed by atoms with E-state index in [4.69, 9.17) is 10.9 Å². The van der Waals surface area contributed by atoms with Crippen LogP contribution in [-0.2, 0) is 21.2 Å². The van der Waals surface area contributed by atoms with Crippen molar-refractivity contribution in [2.24, 2.45) is 5.14 Å². The minimum absolute atomic E-state index is 0.0975. The van der Waals surface area contributed by atoms with E-state index in [9.17, 15) is 13.2 Å². The van der Waals surface area contributed by atoms with Crippen molar-refractivity contribution in [3.63, 3.8) is 0 Å². The van der Waals surface area contributed by atoms with E-state index in [1.165, 1.54) is 12.1 Å². The first kappa shape index (κ1) is 19.2. The van der Waals surface area contributed by atoms with Crippen LogP contribution in [0.3, 0.4) is 0 Å². The highest BCUT2D eigenvalue weighted by Crippen LogP contribution is 2.20. The lowest BCUT2D eigenvalue weighted by Gasteiger charge is -2.36. The van der Waals surface area contributed by atoms with Gasteiger partial charge in [0.2, 0.25) is 15.9 Å². The van der Waals surface area contributed by atoms with E-state index in [-0.39, 0.29) is 10.8 Å². The molecule has 144 valence electrons. The summed E-state index contributed by atoms with van der Waals surface area (Å²) in [6.45, 7) is 2.68. The molecule has 0 radical (unpaired) electrons. The smallest absolute Gasteiger partial charge is 0.238 e. The largest absolute Gasteiger partial charge is 0.399 e. The van der Waals surface area contributed by atoms with E-state index < -0.39 is 10.0 Å². The summed E-state index contributed by atoms with van der Waals surface area (Å²) in [6.07, 6.45) is 1.08. The van der Waals surface area contributed by atoms with Gasteiger partial charge in [0.15, 0.2) is 0 Å². The van der Waals surface area contributed by atoms with Gasteiger partial charge in [-0.05, 0) is 42.3 Å². The third-order valence-corrected chi connectivity index (χ3v) is 5.76. The fraction of sp³-hybridized carbons (Fsp3) is 0.316. The zero-order valence-electron chi connectivity index (χ0n) is 15.0. The van der Waals surface area contributed by atoms with E-state index in [0.717, 1.165) is 16.9 Å².